The lowest BCUT2D eigenvalue weighted by Crippen LogP contribution is -2.36. The number of rotatable bonds is 5. The number of nitrogens with zero attached hydrogens (tertiary/aromatic N) is 3. The summed E-state index contributed by atoms with van der Waals surface area (Å²) >= 11 is 0. The summed E-state index contributed by atoms with van der Waals surface area (Å²) in [6.45, 7) is 2.41. The lowest BCUT2D eigenvalue weighted by atomic mass is 9.58. The van der Waals surface area contributed by atoms with Gasteiger partial charge in [-0.05, 0) is 99.5 Å². The molecule has 1 spiro atoms. The molecule has 2 bridgehead atoms. The fraction of sp³-hybridized carbons (Fsp3) is 0.151. The van der Waals surface area contributed by atoms with Gasteiger partial charge in [-0.2, -0.15) is 0 Å². The van der Waals surface area contributed by atoms with Crippen molar-refractivity contribution in [2.24, 2.45) is 11.8 Å². The van der Waals surface area contributed by atoms with Crippen LogP contribution in [0.3, 0.4) is 0 Å². The highest BCUT2D eigenvalue weighted by Crippen LogP contribution is 2.61. The first-order valence-electron chi connectivity index (χ1n) is 20.1. The molecular weight excluding hydrogens is 679 g/mol. The van der Waals surface area contributed by atoms with Crippen LogP contribution in [0, 0.1) is 11.8 Å². The molecule has 0 N–H and O–H groups in total. The molecule has 1 saturated carbocycles. The van der Waals surface area contributed by atoms with Crippen LogP contribution in [0.2, 0.25) is 0 Å². The maximum absolute atomic E-state index is 5.27. The lowest BCUT2D eigenvalue weighted by molar-refractivity contribution is 0.284. The maximum atomic E-state index is 5.27. The van der Waals surface area contributed by atoms with Gasteiger partial charge in [-0.1, -0.05) is 170 Å². The molecule has 3 aliphatic carbocycles. The molecule has 1 fully saturated rings. The van der Waals surface area contributed by atoms with Crippen LogP contribution < -0.4 is 0 Å². The molecule has 56 heavy (non-hydrogen) atoms. The Hall–Kier alpha value is -6.45. The van der Waals surface area contributed by atoms with Gasteiger partial charge >= 0.3 is 0 Å². The fourth-order valence-corrected chi connectivity index (χ4v) is 10.3. The standard InChI is InChI=1S/C53H41N3/c1-34-29-35-27-28-53(42(30-34)31-35)47-24-9-8-21-44(47)46-33-40(25-26-48(46)53)43-22-11-17-37-18-12-23-45(49(37)43)52-55-50(38-15-6-3-7-16-38)54-51(56-52)41-20-10-19-39(32-41)36-13-4-2-5-14-36/h2-26,30,32-35H,27-29,31H2,1H3. The van der Waals surface area contributed by atoms with E-state index >= 15 is 0 Å². The van der Waals surface area contributed by atoms with Crippen LogP contribution in [0.15, 0.2) is 175 Å². The predicted octanol–water partition coefficient (Wildman–Crippen LogP) is 13.4. The van der Waals surface area contributed by atoms with Gasteiger partial charge in [-0.3, -0.25) is 0 Å². The van der Waals surface area contributed by atoms with Crippen LogP contribution in [0.4, 0.5) is 0 Å². The van der Waals surface area contributed by atoms with E-state index in [9.17, 15) is 0 Å². The minimum absolute atomic E-state index is 0.0213. The van der Waals surface area contributed by atoms with Crippen LogP contribution in [-0.4, -0.2) is 15.0 Å². The van der Waals surface area contributed by atoms with Crippen molar-refractivity contribution in [2.45, 2.75) is 38.0 Å². The summed E-state index contributed by atoms with van der Waals surface area (Å²) in [4.78, 5) is 15.6. The molecule has 1 heterocycles. The molecule has 268 valence electrons. The Morgan fingerprint density at radius 2 is 1.11 bits per heavy atom. The zero-order valence-corrected chi connectivity index (χ0v) is 31.5. The number of aromatic nitrogens is 3. The van der Waals surface area contributed by atoms with Gasteiger partial charge in [0.15, 0.2) is 17.5 Å². The van der Waals surface area contributed by atoms with Crippen molar-refractivity contribution in [3.05, 3.63) is 187 Å². The Bertz CT molecular complexity index is 2830. The molecule has 0 radical (unpaired) electrons. The number of fused-ring (bicyclic) bond motifs is 9. The van der Waals surface area contributed by atoms with Crippen LogP contribution in [0.5, 0.6) is 0 Å². The second-order valence-corrected chi connectivity index (χ2v) is 16.1. The van der Waals surface area contributed by atoms with E-state index < -0.39 is 0 Å². The monoisotopic (exact) mass is 719 g/mol. The molecular formula is C53H41N3. The Morgan fingerprint density at radius 1 is 0.482 bits per heavy atom. The van der Waals surface area contributed by atoms with Crippen LogP contribution in [0.1, 0.15) is 43.7 Å². The molecule has 3 unspecified atom stereocenters. The predicted molar refractivity (Wildman–Crippen MR) is 230 cm³/mol. The summed E-state index contributed by atoms with van der Waals surface area (Å²) in [7, 11) is 0. The smallest absolute Gasteiger partial charge is 0.164 e. The van der Waals surface area contributed by atoms with Crippen LogP contribution >= 0.6 is 0 Å². The topological polar surface area (TPSA) is 38.7 Å². The van der Waals surface area contributed by atoms with E-state index in [0.717, 1.165) is 44.5 Å². The highest BCUT2D eigenvalue weighted by molar-refractivity contribution is 6.06. The quantitative estimate of drug-likeness (QED) is 0.166. The molecule has 11 rings (SSSR count). The van der Waals surface area contributed by atoms with Crippen molar-refractivity contribution in [3.63, 3.8) is 0 Å². The zero-order chi connectivity index (χ0) is 37.2. The zero-order valence-electron chi connectivity index (χ0n) is 31.5. The summed E-state index contributed by atoms with van der Waals surface area (Å²) in [6, 6.07) is 58.9. The van der Waals surface area contributed by atoms with Gasteiger partial charge in [0.2, 0.25) is 0 Å². The number of benzene rings is 7. The molecule has 0 amide bonds. The average Bonchev–Trinajstić information content (AvgIpc) is 3.54. The van der Waals surface area contributed by atoms with Gasteiger partial charge in [0.05, 0.1) is 0 Å². The Morgan fingerprint density at radius 3 is 1.93 bits per heavy atom. The minimum atomic E-state index is -0.0213. The Kier molecular flexibility index (Phi) is 7.70. The average molecular weight is 720 g/mol. The Balaban J connectivity index is 1.09. The third-order valence-corrected chi connectivity index (χ3v) is 12.7. The van der Waals surface area contributed by atoms with E-state index in [1.54, 1.807) is 5.57 Å². The molecule has 3 nitrogen and oxygen atoms in total. The molecule has 1 aromatic heterocycles. The molecule has 3 heteroatoms. The first-order valence-corrected chi connectivity index (χ1v) is 20.1. The molecule has 3 aliphatic rings. The first-order chi connectivity index (χ1) is 27.6. The van der Waals surface area contributed by atoms with Crippen LogP contribution in [-0.2, 0) is 5.41 Å². The molecule has 7 aromatic carbocycles. The summed E-state index contributed by atoms with van der Waals surface area (Å²) in [5.74, 6) is 3.42. The van der Waals surface area contributed by atoms with Gasteiger partial charge in [0.25, 0.3) is 0 Å². The fourth-order valence-electron chi connectivity index (χ4n) is 10.3. The minimum Gasteiger partial charge on any atom is -0.208 e. The SMILES string of the molecule is CC1C=C2CC(CCC23c2ccccc2-c2cc(-c4cccc5cccc(-c6nc(-c7ccccc7)nc(-c7cccc(-c8ccccc8)c7)n6)c45)ccc23)C1. The lowest BCUT2D eigenvalue weighted by Gasteiger charge is -2.45. The molecule has 8 aromatic rings. The van der Waals surface area contributed by atoms with Crippen LogP contribution in [0.25, 0.3) is 78.3 Å². The van der Waals surface area contributed by atoms with E-state index in [2.05, 4.69) is 153 Å². The van der Waals surface area contributed by atoms with Gasteiger partial charge < -0.3 is 0 Å². The van der Waals surface area contributed by atoms with Gasteiger partial charge in [0.1, 0.15) is 0 Å². The van der Waals surface area contributed by atoms with Gasteiger partial charge in [-0.15, -0.1) is 0 Å². The molecule has 3 atom stereocenters. The second-order valence-electron chi connectivity index (χ2n) is 16.1. The second kappa shape index (κ2) is 13.1. The van der Waals surface area contributed by atoms with Gasteiger partial charge in [-0.25, -0.2) is 15.0 Å². The summed E-state index contributed by atoms with van der Waals surface area (Å²) in [5.41, 5.74) is 14.9. The van der Waals surface area contributed by atoms with Crippen molar-refractivity contribution in [2.75, 3.05) is 0 Å². The summed E-state index contributed by atoms with van der Waals surface area (Å²) < 4.78 is 0. The molecule has 0 aliphatic heterocycles. The third kappa shape index (κ3) is 5.29. The van der Waals surface area contributed by atoms with E-state index in [1.807, 2.05) is 24.3 Å². The summed E-state index contributed by atoms with van der Waals surface area (Å²) in [6.07, 6.45) is 7.65. The van der Waals surface area contributed by atoms with Crippen molar-refractivity contribution in [1.82, 2.24) is 15.0 Å². The normalized spacial score (nSPS) is 19.4. The van der Waals surface area contributed by atoms with Crippen molar-refractivity contribution >= 4 is 10.8 Å². The van der Waals surface area contributed by atoms with Crippen molar-refractivity contribution < 1.29 is 0 Å². The maximum Gasteiger partial charge on any atom is 0.164 e. The highest BCUT2D eigenvalue weighted by Gasteiger charge is 2.49. The van der Waals surface area contributed by atoms with Gasteiger partial charge in [0, 0.05) is 27.5 Å². The van der Waals surface area contributed by atoms with E-state index in [4.69, 9.17) is 15.0 Å². The Labute approximate surface area is 328 Å². The van der Waals surface area contributed by atoms with Crippen molar-refractivity contribution in [3.8, 4) is 67.5 Å². The first kappa shape index (κ1) is 32.9. The molecule has 0 saturated heterocycles. The van der Waals surface area contributed by atoms with E-state index in [1.165, 1.54) is 59.1 Å². The van der Waals surface area contributed by atoms with E-state index in [-0.39, 0.29) is 5.41 Å². The summed E-state index contributed by atoms with van der Waals surface area (Å²) in [5, 5.41) is 2.31. The van der Waals surface area contributed by atoms with Crippen molar-refractivity contribution in [1.29, 1.82) is 0 Å². The number of hydrogen-bond acceptors (Lipinski definition) is 3. The number of hydrogen-bond donors (Lipinski definition) is 0. The highest BCUT2D eigenvalue weighted by atomic mass is 15.0. The van der Waals surface area contributed by atoms with E-state index in [0.29, 0.717) is 23.4 Å². The third-order valence-electron chi connectivity index (χ3n) is 12.7. The largest absolute Gasteiger partial charge is 0.208 e. The number of allylic oxidation sites excluding steroid dienone is 2.